The minimum Gasteiger partial charge on any atom is -0.505 e. The Kier molecular flexibility index (Phi) is 9.21. The largest absolute Gasteiger partial charge is 0.505 e. The van der Waals surface area contributed by atoms with Crippen LogP contribution in [0.1, 0.15) is 63.2 Å². The van der Waals surface area contributed by atoms with Crippen molar-refractivity contribution in [2.45, 2.75) is 62.5 Å². The summed E-state index contributed by atoms with van der Waals surface area (Å²) in [7, 11) is 1.75. The van der Waals surface area contributed by atoms with Crippen molar-refractivity contribution in [2.75, 3.05) is 18.1 Å². The van der Waals surface area contributed by atoms with Crippen molar-refractivity contribution in [2.24, 2.45) is 0 Å². The van der Waals surface area contributed by atoms with E-state index in [1.807, 2.05) is 30.0 Å². The average molecular weight is 462 g/mol. The molecule has 0 fully saturated rings. The van der Waals surface area contributed by atoms with Crippen molar-refractivity contribution >= 4 is 41.2 Å². The van der Waals surface area contributed by atoms with E-state index in [2.05, 4.69) is 17.4 Å². The maximum absolute atomic E-state index is 12.8. The SMILES string of the molecule is CCCCCCCCCSCc1cc(NC(=O)C2=C(O)c3ccccc3SN2C)no1. The van der Waals surface area contributed by atoms with Gasteiger partial charge in [0.25, 0.3) is 5.91 Å². The Hall–Kier alpha value is -2.06. The number of aliphatic hydroxyl groups excluding tert-OH is 1. The molecule has 0 saturated heterocycles. The molecule has 3 rings (SSSR count). The van der Waals surface area contributed by atoms with Crippen LogP contribution in [0.5, 0.6) is 0 Å². The van der Waals surface area contributed by atoms with E-state index in [1.165, 1.54) is 56.9 Å². The Balaban J connectivity index is 1.45. The van der Waals surface area contributed by atoms with Crippen LogP contribution >= 0.6 is 23.7 Å². The van der Waals surface area contributed by atoms with Gasteiger partial charge in [-0.3, -0.25) is 4.79 Å². The lowest BCUT2D eigenvalue weighted by atomic mass is 10.1. The molecule has 0 atom stereocenters. The van der Waals surface area contributed by atoms with E-state index < -0.39 is 5.91 Å². The van der Waals surface area contributed by atoms with Gasteiger partial charge in [0, 0.05) is 23.6 Å². The predicted octanol–water partition coefficient (Wildman–Crippen LogP) is 6.48. The first-order chi connectivity index (χ1) is 15.1. The molecule has 0 unspecified atom stereocenters. The topological polar surface area (TPSA) is 78.6 Å². The van der Waals surface area contributed by atoms with Gasteiger partial charge in [0.1, 0.15) is 5.76 Å². The fraction of sp³-hybridized carbons (Fsp3) is 0.478. The summed E-state index contributed by atoms with van der Waals surface area (Å²) < 4.78 is 7.01. The number of nitrogens with one attached hydrogen (secondary N) is 1. The number of thioether (sulfide) groups is 1. The van der Waals surface area contributed by atoms with Crippen LogP contribution in [0, 0.1) is 0 Å². The standard InChI is InChI=1S/C23H31N3O3S2/c1-3-4-5-6-7-8-11-14-30-16-17-15-20(25-29-17)24-23(28)21-22(27)18-12-9-10-13-19(18)31-26(21)2/h9-10,12-13,15,27H,3-8,11,14,16H2,1-2H3,(H,24,25,28). The van der Waals surface area contributed by atoms with E-state index in [-0.39, 0.29) is 11.5 Å². The van der Waals surface area contributed by atoms with E-state index in [0.717, 1.165) is 22.2 Å². The third kappa shape index (κ3) is 6.71. The number of anilines is 1. The van der Waals surface area contributed by atoms with E-state index in [1.54, 1.807) is 23.5 Å². The second kappa shape index (κ2) is 12.1. The molecule has 8 heteroatoms. The van der Waals surface area contributed by atoms with Crippen LogP contribution in [0.15, 0.2) is 45.4 Å². The highest BCUT2D eigenvalue weighted by Gasteiger charge is 2.28. The second-order valence-corrected chi connectivity index (χ2v) is 9.86. The number of aliphatic hydroxyl groups is 1. The van der Waals surface area contributed by atoms with Gasteiger partial charge in [-0.2, -0.15) is 11.8 Å². The summed E-state index contributed by atoms with van der Waals surface area (Å²) in [5, 5.41) is 17.3. The number of carbonyl (C=O) groups excluding carboxylic acids is 1. The summed E-state index contributed by atoms with van der Waals surface area (Å²) >= 11 is 3.22. The number of amides is 1. The van der Waals surface area contributed by atoms with Crippen LogP contribution in [-0.2, 0) is 10.5 Å². The molecule has 168 valence electrons. The maximum atomic E-state index is 12.8. The third-order valence-electron chi connectivity index (χ3n) is 5.07. The number of hydrogen-bond acceptors (Lipinski definition) is 7. The van der Waals surface area contributed by atoms with E-state index in [0.29, 0.717) is 11.4 Å². The summed E-state index contributed by atoms with van der Waals surface area (Å²) in [4.78, 5) is 13.7. The number of hydrogen-bond donors (Lipinski definition) is 2. The molecule has 2 N–H and O–H groups in total. The molecule has 1 aliphatic rings. The van der Waals surface area contributed by atoms with Crippen LogP contribution < -0.4 is 5.32 Å². The number of unbranched alkanes of at least 4 members (excludes halogenated alkanes) is 6. The lowest BCUT2D eigenvalue weighted by molar-refractivity contribution is -0.113. The predicted molar refractivity (Wildman–Crippen MR) is 129 cm³/mol. The van der Waals surface area contributed by atoms with Crippen molar-refractivity contribution in [1.82, 2.24) is 9.46 Å². The van der Waals surface area contributed by atoms with Gasteiger partial charge in [0.2, 0.25) is 0 Å². The molecule has 2 heterocycles. The molecule has 0 radical (unpaired) electrons. The molecule has 0 saturated carbocycles. The van der Waals surface area contributed by atoms with Gasteiger partial charge < -0.3 is 19.3 Å². The highest BCUT2D eigenvalue weighted by atomic mass is 32.2. The summed E-state index contributed by atoms with van der Waals surface area (Å²) in [6.45, 7) is 2.24. The van der Waals surface area contributed by atoms with Crippen LogP contribution in [0.4, 0.5) is 5.82 Å². The van der Waals surface area contributed by atoms with Crippen molar-refractivity contribution < 1.29 is 14.4 Å². The summed E-state index contributed by atoms with van der Waals surface area (Å²) in [5.41, 5.74) is 0.847. The first-order valence-corrected chi connectivity index (χ1v) is 12.8. The third-order valence-corrected chi connectivity index (χ3v) is 7.14. The van der Waals surface area contributed by atoms with E-state index in [4.69, 9.17) is 4.52 Å². The van der Waals surface area contributed by atoms with Gasteiger partial charge in [0.05, 0.1) is 5.75 Å². The summed E-state index contributed by atoms with van der Waals surface area (Å²) in [6.07, 6.45) is 9.14. The minimum absolute atomic E-state index is 0.0386. The van der Waals surface area contributed by atoms with Gasteiger partial charge >= 0.3 is 0 Å². The van der Waals surface area contributed by atoms with Gasteiger partial charge in [-0.05, 0) is 36.3 Å². The zero-order valence-electron chi connectivity index (χ0n) is 18.2. The van der Waals surface area contributed by atoms with Crippen LogP contribution in [0.3, 0.4) is 0 Å². The molecule has 1 aromatic heterocycles. The monoisotopic (exact) mass is 461 g/mol. The smallest absolute Gasteiger partial charge is 0.277 e. The van der Waals surface area contributed by atoms with Crippen LogP contribution in [-0.4, -0.2) is 33.3 Å². The fourth-order valence-corrected chi connectivity index (χ4v) is 5.26. The number of fused-ring (bicyclic) bond motifs is 1. The molecular weight excluding hydrogens is 430 g/mol. The first-order valence-electron chi connectivity index (χ1n) is 10.9. The average Bonchev–Trinajstić information content (AvgIpc) is 3.19. The van der Waals surface area contributed by atoms with Crippen molar-refractivity contribution in [1.29, 1.82) is 0 Å². The lowest BCUT2D eigenvalue weighted by Crippen LogP contribution is -2.27. The number of rotatable bonds is 12. The molecule has 6 nitrogen and oxygen atoms in total. The molecule has 1 aromatic carbocycles. The van der Waals surface area contributed by atoms with Crippen LogP contribution in [0.2, 0.25) is 0 Å². The number of benzene rings is 1. The number of aromatic nitrogens is 1. The summed E-state index contributed by atoms with van der Waals surface area (Å²) in [5.74, 6) is 2.46. The molecule has 0 spiro atoms. The lowest BCUT2D eigenvalue weighted by Gasteiger charge is -2.27. The molecule has 31 heavy (non-hydrogen) atoms. The highest BCUT2D eigenvalue weighted by molar-refractivity contribution is 7.98. The minimum atomic E-state index is -0.419. The number of nitrogens with zero attached hydrogens (tertiary/aromatic N) is 2. The molecular formula is C23H31N3O3S2. The van der Waals surface area contributed by atoms with Gasteiger partial charge in [0.15, 0.2) is 17.3 Å². The molecule has 0 bridgehead atoms. The molecule has 1 aliphatic heterocycles. The van der Waals surface area contributed by atoms with E-state index >= 15 is 0 Å². The Bertz CT molecular complexity index is 898. The Morgan fingerprint density at radius 1 is 1.19 bits per heavy atom. The van der Waals surface area contributed by atoms with Crippen molar-refractivity contribution in [3.63, 3.8) is 0 Å². The highest BCUT2D eigenvalue weighted by Crippen LogP contribution is 2.38. The zero-order chi connectivity index (χ0) is 22.1. The molecule has 0 aliphatic carbocycles. The quantitative estimate of drug-likeness (QED) is 0.277. The maximum Gasteiger partial charge on any atom is 0.277 e. The van der Waals surface area contributed by atoms with Crippen molar-refractivity contribution in [3.05, 3.63) is 47.4 Å². The van der Waals surface area contributed by atoms with Gasteiger partial charge in [-0.25, -0.2) is 0 Å². The van der Waals surface area contributed by atoms with Crippen LogP contribution in [0.25, 0.3) is 5.76 Å². The fourth-order valence-electron chi connectivity index (χ4n) is 3.41. The number of likely N-dealkylation sites (N-methyl/N-ethyl adjacent to an activating group) is 1. The Labute approximate surface area is 193 Å². The number of carbonyl (C=O) groups is 1. The van der Waals surface area contributed by atoms with Gasteiger partial charge in [-0.15, -0.1) is 0 Å². The van der Waals surface area contributed by atoms with E-state index in [9.17, 15) is 9.90 Å². The Morgan fingerprint density at radius 2 is 1.94 bits per heavy atom. The normalized spacial score (nSPS) is 13.4. The second-order valence-electron chi connectivity index (χ2n) is 7.59. The van der Waals surface area contributed by atoms with Gasteiger partial charge in [-0.1, -0.05) is 62.7 Å². The van der Waals surface area contributed by atoms with Crippen molar-refractivity contribution in [3.8, 4) is 0 Å². The zero-order valence-corrected chi connectivity index (χ0v) is 19.9. The molecule has 2 aromatic rings. The Morgan fingerprint density at radius 3 is 2.74 bits per heavy atom. The molecule has 1 amide bonds. The summed E-state index contributed by atoms with van der Waals surface area (Å²) in [6, 6.07) is 9.20. The first kappa shape index (κ1) is 23.6.